The molecule has 0 radical (unpaired) electrons. The number of carbonyl (C=O) groups is 1. The minimum Gasteiger partial charge on any atom is -0.467 e. The zero-order valence-corrected chi connectivity index (χ0v) is 12.1. The van der Waals surface area contributed by atoms with Crippen molar-refractivity contribution in [2.75, 3.05) is 12.4 Å². The molecule has 2 rings (SSSR count). The van der Waals surface area contributed by atoms with Crippen LogP contribution in [-0.2, 0) is 9.53 Å². The number of ether oxygens (including phenoxy) is 1. The second kappa shape index (κ2) is 6.44. The van der Waals surface area contributed by atoms with Gasteiger partial charge in [-0.3, -0.25) is 0 Å². The molecule has 0 fully saturated rings. The van der Waals surface area contributed by atoms with E-state index in [4.69, 9.17) is 16.3 Å². The summed E-state index contributed by atoms with van der Waals surface area (Å²) in [6.07, 6.45) is 0. The van der Waals surface area contributed by atoms with Crippen LogP contribution in [0.15, 0.2) is 48.5 Å². The van der Waals surface area contributed by atoms with Gasteiger partial charge in [0.15, 0.2) is 6.04 Å². The van der Waals surface area contributed by atoms with Gasteiger partial charge in [0.1, 0.15) is 0 Å². The number of hydrogen-bond acceptors (Lipinski definition) is 3. The second-order valence-electron chi connectivity index (χ2n) is 4.42. The van der Waals surface area contributed by atoms with Gasteiger partial charge in [-0.2, -0.15) is 0 Å². The van der Waals surface area contributed by atoms with Gasteiger partial charge in [-0.05, 0) is 30.2 Å². The van der Waals surface area contributed by atoms with E-state index in [0.29, 0.717) is 5.02 Å². The number of rotatable bonds is 4. The van der Waals surface area contributed by atoms with Crippen molar-refractivity contribution in [3.8, 4) is 0 Å². The molecule has 0 heterocycles. The van der Waals surface area contributed by atoms with E-state index in [1.807, 2.05) is 55.5 Å². The van der Waals surface area contributed by atoms with Crippen LogP contribution in [0.5, 0.6) is 0 Å². The highest BCUT2D eigenvalue weighted by atomic mass is 35.5. The van der Waals surface area contributed by atoms with Crippen molar-refractivity contribution in [1.29, 1.82) is 0 Å². The van der Waals surface area contributed by atoms with Crippen molar-refractivity contribution in [2.45, 2.75) is 13.0 Å². The number of carbonyl (C=O) groups excluding carboxylic acids is 1. The zero-order valence-electron chi connectivity index (χ0n) is 11.4. The van der Waals surface area contributed by atoms with Crippen LogP contribution in [0.4, 0.5) is 5.69 Å². The van der Waals surface area contributed by atoms with Crippen molar-refractivity contribution < 1.29 is 9.53 Å². The Morgan fingerprint density at radius 2 is 1.85 bits per heavy atom. The molecule has 3 nitrogen and oxygen atoms in total. The van der Waals surface area contributed by atoms with E-state index in [1.165, 1.54) is 7.11 Å². The van der Waals surface area contributed by atoms with Crippen LogP contribution in [0.2, 0.25) is 5.02 Å². The van der Waals surface area contributed by atoms with Gasteiger partial charge in [-0.15, -0.1) is 0 Å². The topological polar surface area (TPSA) is 38.3 Å². The van der Waals surface area contributed by atoms with E-state index in [-0.39, 0.29) is 5.97 Å². The Morgan fingerprint density at radius 3 is 2.50 bits per heavy atom. The Kier molecular flexibility index (Phi) is 4.64. The lowest BCUT2D eigenvalue weighted by molar-refractivity contribution is -0.141. The number of methoxy groups -OCH3 is 1. The average molecular weight is 290 g/mol. The lowest BCUT2D eigenvalue weighted by Gasteiger charge is -2.19. The number of benzene rings is 2. The Bertz CT molecular complexity index is 599. The Hall–Kier alpha value is -2.00. The minimum absolute atomic E-state index is 0.337. The van der Waals surface area contributed by atoms with Gasteiger partial charge in [0, 0.05) is 10.7 Å². The summed E-state index contributed by atoms with van der Waals surface area (Å²) < 4.78 is 4.87. The molecule has 0 bridgehead atoms. The number of anilines is 1. The van der Waals surface area contributed by atoms with E-state index < -0.39 is 6.04 Å². The van der Waals surface area contributed by atoms with Crippen molar-refractivity contribution in [3.05, 3.63) is 64.7 Å². The molecule has 0 saturated carbocycles. The number of hydrogen-bond donors (Lipinski definition) is 1. The second-order valence-corrected chi connectivity index (χ2v) is 4.83. The molecule has 0 aromatic heterocycles. The Morgan fingerprint density at radius 1 is 1.15 bits per heavy atom. The number of nitrogens with one attached hydrogen (secondary N) is 1. The summed E-state index contributed by atoms with van der Waals surface area (Å²) in [5.41, 5.74) is 2.56. The molecule has 4 heteroatoms. The van der Waals surface area contributed by atoms with E-state index in [9.17, 15) is 4.79 Å². The standard InChI is InChI=1S/C16H16ClNO2/c1-11-13(17)9-6-10-14(11)18-15(16(19)20-2)12-7-4-3-5-8-12/h3-10,15,18H,1-2H3. The predicted octanol–water partition coefficient (Wildman–Crippen LogP) is 3.97. The summed E-state index contributed by atoms with van der Waals surface area (Å²) >= 11 is 6.10. The van der Waals surface area contributed by atoms with Gasteiger partial charge in [0.2, 0.25) is 0 Å². The molecule has 0 aliphatic heterocycles. The van der Waals surface area contributed by atoms with Crippen LogP contribution in [-0.4, -0.2) is 13.1 Å². The fraction of sp³-hybridized carbons (Fsp3) is 0.188. The summed E-state index contributed by atoms with van der Waals surface area (Å²) in [6.45, 7) is 1.91. The molecule has 0 amide bonds. The van der Waals surface area contributed by atoms with Crippen molar-refractivity contribution in [2.24, 2.45) is 0 Å². The normalized spacial score (nSPS) is 11.8. The molecule has 1 atom stereocenters. The summed E-state index contributed by atoms with van der Waals surface area (Å²) in [5, 5.41) is 3.86. The predicted molar refractivity (Wildman–Crippen MR) is 81.0 cm³/mol. The third kappa shape index (κ3) is 3.11. The van der Waals surface area contributed by atoms with E-state index in [0.717, 1.165) is 16.8 Å². The first-order valence-electron chi connectivity index (χ1n) is 6.28. The molecule has 0 aliphatic carbocycles. The molecule has 0 saturated heterocycles. The molecular formula is C16H16ClNO2. The zero-order chi connectivity index (χ0) is 14.5. The Labute approximate surface area is 123 Å². The van der Waals surface area contributed by atoms with Crippen LogP contribution in [0.1, 0.15) is 17.2 Å². The molecule has 20 heavy (non-hydrogen) atoms. The molecule has 0 spiro atoms. The van der Waals surface area contributed by atoms with Crippen molar-refractivity contribution in [3.63, 3.8) is 0 Å². The maximum absolute atomic E-state index is 12.0. The fourth-order valence-corrected chi connectivity index (χ4v) is 2.14. The van der Waals surface area contributed by atoms with Gasteiger partial charge in [0.05, 0.1) is 7.11 Å². The quantitative estimate of drug-likeness (QED) is 0.866. The van der Waals surface area contributed by atoms with Gasteiger partial charge in [-0.25, -0.2) is 4.79 Å². The maximum Gasteiger partial charge on any atom is 0.332 e. The van der Waals surface area contributed by atoms with E-state index in [1.54, 1.807) is 0 Å². The van der Waals surface area contributed by atoms with Gasteiger partial charge in [0.25, 0.3) is 0 Å². The minimum atomic E-state index is -0.557. The highest BCUT2D eigenvalue weighted by Gasteiger charge is 2.21. The molecule has 104 valence electrons. The molecule has 1 unspecified atom stereocenters. The SMILES string of the molecule is COC(=O)C(Nc1cccc(Cl)c1C)c1ccccc1. The largest absolute Gasteiger partial charge is 0.467 e. The van der Waals surface area contributed by atoms with Gasteiger partial charge >= 0.3 is 5.97 Å². The lowest BCUT2D eigenvalue weighted by atomic mass is 10.1. The highest BCUT2D eigenvalue weighted by molar-refractivity contribution is 6.31. The Balaban J connectivity index is 2.34. The van der Waals surface area contributed by atoms with E-state index in [2.05, 4.69) is 5.32 Å². The molecular weight excluding hydrogens is 274 g/mol. The van der Waals surface area contributed by atoms with Crippen LogP contribution in [0.3, 0.4) is 0 Å². The smallest absolute Gasteiger partial charge is 0.332 e. The fourth-order valence-electron chi connectivity index (χ4n) is 1.96. The molecule has 2 aromatic rings. The van der Waals surface area contributed by atoms with Gasteiger partial charge < -0.3 is 10.1 Å². The van der Waals surface area contributed by atoms with E-state index >= 15 is 0 Å². The van der Waals surface area contributed by atoms with Crippen LogP contribution in [0.25, 0.3) is 0 Å². The van der Waals surface area contributed by atoms with Crippen molar-refractivity contribution >= 4 is 23.3 Å². The maximum atomic E-state index is 12.0. The lowest BCUT2D eigenvalue weighted by Crippen LogP contribution is -2.22. The van der Waals surface area contributed by atoms with Crippen molar-refractivity contribution in [1.82, 2.24) is 0 Å². The van der Waals surface area contributed by atoms with Gasteiger partial charge in [-0.1, -0.05) is 48.0 Å². The van der Waals surface area contributed by atoms with Crippen LogP contribution >= 0.6 is 11.6 Å². The average Bonchev–Trinajstić information content (AvgIpc) is 2.49. The summed E-state index contributed by atoms with van der Waals surface area (Å²) in [7, 11) is 1.38. The highest BCUT2D eigenvalue weighted by Crippen LogP contribution is 2.27. The third-order valence-corrected chi connectivity index (χ3v) is 3.55. The van der Waals surface area contributed by atoms with Crippen LogP contribution < -0.4 is 5.32 Å². The monoisotopic (exact) mass is 289 g/mol. The molecule has 2 aromatic carbocycles. The molecule has 1 N–H and O–H groups in total. The number of halogens is 1. The third-order valence-electron chi connectivity index (χ3n) is 3.14. The number of esters is 1. The summed E-state index contributed by atoms with van der Waals surface area (Å²) in [4.78, 5) is 12.0. The summed E-state index contributed by atoms with van der Waals surface area (Å²) in [6, 6.07) is 14.4. The molecule has 0 aliphatic rings. The first-order valence-corrected chi connectivity index (χ1v) is 6.65. The first kappa shape index (κ1) is 14.4. The van der Waals surface area contributed by atoms with Crippen LogP contribution in [0, 0.1) is 6.92 Å². The summed E-state index contributed by atoms with van der Waals surface area (Å²) in [5.74, 6) is -0.337. The first-order chi connectivity index (χ1) is 9.63.